The minimum Gasteiger partial charge on any atom is -0.392 e. The van der Waals surface area contributed by atoms with Crippen LogP contribution in [-0.2, 0) is 35.5 Å². The highest BCUT2D eigenvalue weighted by molar-refractivity contribution is 7.92. The zero-order valence-corrected chi connectivity index (χ0v) is 19.2. The van der Waals surface area contributed by atoms with Crippen LogP contribution in [0.25, 0.3) is 0 Å². The molecule has 2 aliphatic heterocycles. The number of benzene rings is 1. The summed E-state index contributed by atoms with van der Waals surface area (Å²) in [6, 6.07) is 8.12. The van der Waals surface area contributed by atoms with E-state index in [1.165, 1.54) is 12.5 Å². The monoisotopic (exact) mass is 452 g/mol. The minimum absolute atomic E-state index is 0.0343. The van der Waals surface area contributed by atoms with E-state index in [0.717, 1.165) is 43.2 Å². The maximum atomic E-state index is 12.8. The predicted octanol–water partition coefficient (Wildman–Crippen LogP) is 2.90. The first kappa shape index (κ1) is 23.7. The first-order valence-corrected chi connectivity index (χ1v) is 12.7. The van der Waals surface area contributed by atoms with Crippen molar-refractivity contribution in [2.45, 2.75) is 75.9 Å². The van der Waals surface area contributed by atoms with Crippen molar-refractivity contribution < 1.29 is 27.6 Å². The number of aryl methyl sites for hydroxylation is 1. The SMILES string of the molecule is CCCc1ccc(C2=NOC(C[C@](C)(C(=O)NOC3CCCCO3)S(C)(=O)=O)C2)cc1. The molecule has 1 amide bonds. The fraction of sp³-hybridized carbons (Fsp3) is 0.636. The average Bonchev–Trinajstić information content (AvgIpc) is 3.21. The molecule has 2 unspecified atom stereocenters. The van der Waals surface area contributed by atoms with Crippen LogP contribution in [0.4, 0.5) is 0 Å². The molecule has 0 bridgehead atoms. The van der Waals surface area contributed by atoms with Gasteiger partial charge >= 0.3 is 0 Å². The normalized spacial score (nSPS) is 23.5. The highest BCUT2D eigenvalue weighted by Gasteiger charge is 2.47. The quantitative estimate of drug-likeness (QED) is 0.578. The molecule has 1 saturated heterocycles. The number of amides is 1. The smallest absolute Gasteiger partial charge is 0.264 e. The van der Waals surface area contributed by atoms with Gasteiger partial charge in [-0.2, -0.15) is 0 Å². The number of ether oxygens (including phenoxy) is 1. The van der Waals surface area contributed by atoms with Gasteiger partial charge in [0.25, 0.3) is 5.91 Å². The van der Waals surface area contributed by atoms with Gasteiger partial charge in [0.2, 0.25) is 0 Å². The molecule has 1 aromatic carbocycles. The van der Waals surface area contributed by atoms with Crippen molar-refractivity contribution in [2.75, 3.05) is 12.9 Å². The zero-order chi connectivity index (χ0) is 22.5. The number of hydrogen-bond donors (Lipinski definition) is 1. The van der Waals surface area contributed by atoms with E-state index in [1.54, 1.807) is 0 Å². The van der Waals surface area contributed by atoms with E-state index in [0.29, 0.717) is 19.4 Å². The molecule has 1 aromatic rings. The predicted molar refractivity (Wildman–Crippen MR) is 117 cm³/mol. The maximum Gasteiger partial charge on any atom is 0.264 e. The van der Waals surface area contributed by atoms with E-state index in [4.69, 9.17) is 14.4 Å². The molecule has 31 heavy (non-hydrogen) atoms. The minimum atomic E-state index is -3.76. The molecule has 1 fully saturated rings. The van der Waals surface area contributed by atoms with E-state index in [-0.39, 0.29) is 6.42 Å². The van der Waals surface area contributed by atoms with Gasteiger partial charge in [-0.3, -0.25) is 4.79 Å². The molecule has 2 aliphatic rings. The lowest BCUT2D eigenvalue weighted by atomic mass is 9.96. The third-order valence-electron chi connectivity index (χ3n) is 5.90. The van der Waals surface area contributed by atoms with Crippen LogP contribution >= 0.6 is 0 Å². The molecule has 9 heteroatoms. The van der Waals surface area contributed by atoms with Crippen molar-refractivity contribution in [3.05, 3.63) is 35.4 Å². The molecular weight excluding hydrogens is 420 g/mol. The number of carbonyl (C=O) groups is 1. The molecule has 3 atom stereocenters. The summed E-state index contributed by atoms with van der Waals surface area (Å²) >= 11 is 0. The Hall–Kier alpha value is -1.97. The summed E-state index contributed by atoms with van der Waals surface area (Å²) in [6.45, 7) is 4.08. The van der Waals surface area contributed by atoms with E-state index in [2.05, 4.69) is 29.7 Å². The van der Waals surface area contributed by atoms with Crippen molar-refractivity contribution in [1.29, 1.82) is 0 Å². The number of hydrogen-bond acceptors (Lipinski definition) is 7. The Kier molecular flexibility index (Phi) is 7.72. The highest BCUT2D eigenvalue weighted by atomic mass is 32.2. The Morgan fingerprint density at radius 1 is 1.29 bits per heavy atom. The van der Waals surface area contributed by atoms with Gasteiger partial charge in [-0.1, -0.05) is 42.8 Å². The number of carbonyl (C=O) groups excluding carboxylic acids is 1. The van der Waals surface area contributed by atoms with Gasteiger partial charge in [-0.05, 0) is 37.3 Å². The summed E-state index contributed by atoms with van der Waals surface area (Å²) in [5, 5.41) is 4.15. The second-order valence-electron chi connectivity index (χ2n) is 8.47. The van der Waals surface area contributed by atoms with Crippen molar-refractivity contribution in [3.63, 3.8) is 0 Å². The van der Waals surface area contributed by atoms with Crippen LogP contribution in [0.5, 0.6) is 0 Å². The molecule has 0 radical (unpaired) electrons. The summed E-state index contributed by atoms with van der Waals surface area (Å²) in [6.07, 6.45) is 4.97. The molecule has 3 rings (SSSR count). The van der Waals surface area contributed by atoms with E-state index in [9.17, 15) is 13.2 Å². The number of hydroxylamine groups is 1. The molecule has 0 saturated carbocycles. The van der Waals surface area contributed by atoms with E-state index < -0.39 is 32.9 Å². The summed E-state index contributed by atoms with van der Waals surface area (Å²) in [4.78, 5) is 23.7. The van der Waals surface area contributed by atoms with E-state index in [1.807, 2.05) is 12.1 Å². The molecule has 2 heterocycles. The van der Waals surface area contributed by atoms with Crippen LogP contribution in [0.1, 0.15) is 63.5 Å². The molecular formula is C22H32N2O6S. The summed E-state index contributed by atoms with van der Waals surface area (Å²) in [5.41, 5.74) is 5.24. The van der Waals surface area contributed by atoms with Gasteiger partial charge in [0.05, 0.1) is 5.71 Å². The van der Waals surface area contributed by atoms with Crippen LogP contribution in [-0.4, -0.2) is 50.0 Å². The Morgan fingerprint density at radius 3 is 2.65 bits per heavy atom. The molecule has 0 spiro atoms. The Morgan fingerprint density at radius 2 is 2.03 bits per heavy atom. The van der Waals surface area contributed by atoms with Crippen molar-refractivity contribution in [1.82, 2.24) is 5.48 Å². The summed E-state index contributed by atoms with van der Waals surface area (Å²) in [7, 11) is -3.76. The number of oxime groups is 1. The number of sulfone groups is 1. The topological polar surface area (TPSA) is 103 Å². The van der Waals surface area contributed by atoms with Crippen LogP contribution < -0.4 is 5.48 Å². The van der Waals surface area contributed by atoms with Crippen LogP contribution in [0.3, 0.4) is 0 Å². The fourth-order valence-electron chi connectivity index (χ4n) is 3.74. The third-order valence-corrected chi connectivity index (χ3v) is 7.88. The van der Waals surface area contributed by atoms with Crippen LogP contribution in [0, 0.1) is 0 Å². The van der Waals surface area contributed by atoms with E-state index >= 15 is 0 Å². The molecule has 172 valence electrons. The van der Waals surface area contributed by atoms with Crippen molar-refractivity contribution in [2.24, 2.45) is 5.16 Å². The van der Waals surface area contributed by atoms with Crippen molar-refractivity contribution >= 4 is 21.5 Å². The summed E-state index contributed by atoms with van der Waals surface area (Å²) in [5.74, 6) is -0.731. The standard InChI is InChI=1S/C22H32N2O6S/c1-4-7-16-9-11-17(12-10-16)19-14-18(29-23-19)15-22(2,31(3,26)27)21(25)24-30-20-8-5-6-13-28-20/h9-12,18,20H,4-8,13-15H2,1-3H3,(H,24,25)/t18?,20?,22-/m1/s1. The molecule has 0 aromatic heterocycles. The van der Waals surface area contributed by atoms with Crippen LogP contribution in [0.15, 0.2) is 29.4 Å². The van der Waals surface area contributed by atoms with Crippen LogP contribution in [0.2, 0.25) is 0 Å². The largest absolute Gasteiger partial charge is 0.392 e. The molecule has 8 nitrogen and oxygen atoms in total. The van der Waals surface area contributed by atoms with Gasteiger partial charge in [0, 0.05) is 32.1 Å². The van der Waals surface area contributed by atoms with Crippen molar-refractivity contribution in [3.8, 4) is 0 Å². The first-order chi connectivity index (χ1) is 14.7. The molecule has 0 aliphatic carbocycles. The zero-order valence-electron chi connectivity index (χ0n) is 18.4. The van der Waals surface area contributed by atoms with Gasteiger partial charge in [-0.25, -0.2) is 18.7 Å². The number of nitrogens with one attached hydrogen (secondary N) is 1. The highest BCUT2D eigenvalue weighted by Crippen LogP contribution is 2.30. The Labute approximate surface area is 184 Å². The lowest BCUT2D eigenvalue weighted by Gasteiger charge is -2.29. The van der Waals surface area contributed by atoms with Gasteiger partial charge in [-0.15, -0.1) is 0 Å². The fourth-order valence-corrected chi connectivity index (χ4v) is 4.61. The second-order valence-corrected chi connectivity index (χ2v) is 10.9. The second kappa shape index (κ2) is 10.1. The summed E-state index contributed by atoms with van der Waals surface area (Å²) < 4.78 is 28.8. The van der Waals surface area contributed by atoms with Gasteiger partial charge in [0.1, 0.15) is 6.10 Å². The Bertz CT molecular complexity index is 893. The molecule has 1 N–H and O–H groups in total. The lowest BCUT2D eigenvalue weighted by Crippen LogP contribution is -2.52. The maximum absolute atomic E-state index is 12.8. The Balaban J connectivity index is 1.62. The average molecular weight is 453 g/mol. The van der Waals surface area contributed by atoms with Gasteiger partial charge in [0.15, 0.2) is 20.9 Å². The van der Waals surface area contributed by atoms with Gasteiger partial charge < -0.3 is 9.57 Å². The number of rotatable bonds is 9. The lowest BCUT2D eigenvalue weighted by molar-refractivity contribution is -0.201. The third kappa shape index (κ3) is 5.84. The first-order valence-electron chi connectivity index (χ1n) is 10.8. The number of nitrogens with zero attached hydrogens (tertiary/aromatic N) is 1.